The average molecular weight is 442 g/mol. The Balaban J connectivity index is 1.71. The molecule has 0 saturated carbocycles. The molecular weight excluding hydrogens is 422 g/mol. The number of amides is 2. The maximum absolute atomic E-state index is 12.6. The molecule has 0 saturated heterocycles. The van der Waals surface area contributed by atoms with Crippen molar-refractivity contribution < 1.29 is 14.5 Å². The number of halogens is 1. The normalized spacial score (nSPS) is 11.6. The summed E-state index contributed by atoms with van der Waals surface area (Å²) in [5.41, 5.74) is 1.16. The summed E-state index contributed by atoms with van der Waals surface area (Å²) in [6.07, 6.45) is 3.38. The Hall–Kier alpha value is -3.72. The molecule has 31 heavy (non-hydrogen) atoms. The highest BCUT2D eigenvalue weighted by molar-refractivity contribution is 6.30. The Morgan fingerprint density at radius 1 is 1.23 bits per heavy atom. The maximum Gasteiger partial charge on any atom is 0.273 e. The van der Waals surface area contributed by atoms with E-state index in [1.54, 1.807) is 48.1 Å². The molecule has 0 aliphatic heterocycles. The molecule has 0 aliphatic rings. The SMILES string of the molecule is Cc1ccc(C(=O)NCC(=O)N[C@H](c2ccc(Cl)cc2)c2nccn2C)cc1[N+](=O)[O-]. The lowest BCUT2D eigenvalue weighted by atomic mass is 10.1. The van der Waals surface area contributed by atoms with Crippen LogP contribution in [0, 0.1) is 17.0 Å². The molecule has 1 atom stereocenters. The van der Waals surface area contributed by atoms with Crippen molar-refractivity contribution in [2.24, 2.45) is 7.05 Å². The van der Waals surface area contributed by atoms with Crippen LogP contribution in [0.1, 0.15) is 33.4 Å². The second-order valence-electron chi connectivity index (χ2n) is 6.89. The van der Waals surface area contributed by atoms with Gasteiger partial charge in [0.15, 0.2) is 0 Å². The molecule has 0 aliphatic carbocycles. The lowest BCUT2D eigenvalue weighted by Crippen LogP contribution is -2.39. The fourth-order valence-corrected chi connectivity index (χ4v) is 3.16. The van der Waals surface area contributed by atoms with Crippen molar-refractivity contribution in [1.29, 1.82) is 0 Å². The summed E-state index contributed by atoms with van der Waals surface area (Å²) in [6.45, 7) is 1.27. The Bertz CT molecular complexity index is 1130. The number of imidazole rings is 1. The predicted octanol–water partition coefficient (Wildman–Crippen LogP) is 2.93. The first-order chi connectivity index (χ1) is 14.8. The van der Waals surface area contributed by atoms with E-state index in [-0.39, 0.29) is 17.8 Å². The van der Waals surface area contributed by atoms with Crippen molar-refractivity contribution in [3.8, 4) is 0 Å². The van der Waals surface area contributed by atoms with E-state index in [0.717, 1.165) is 5.56 Å². The van der Waals surface area contributed by atoms with Crippen LogP contribution in [-0.2, 0) is 11.8 Å². The van der Waals surface area contributed by atoms with Gasteiger partial charge in [0, 0.05) is 41.7 Å². The average Bonchev–Trinajstić information content (AvgIpc) is 3.16. The number of aryl methyl sites for hydroxylation is 2. The van der Waals surface area contributed by atoms with Crippen molar-refractivity contribution in [1.82, 2.24) is 20.2 Å². The molecule has 3 aromatic rings. The van der Waals surface area contributed by atoms with Gasteiger partial charge in [-0.3, -0.25) is 19.7 Å². The largest absolute Gasteiger partial charge is 0.343 e. The summed E-state index contributed by atoms with van der Waals surface area (Å²) in [7, 11) is 1.81. The number of nitrogens with one attached hydrogen (secondary N) is 2. The number of hydrogen-bond acceptors (Lipinski definition) is 5. The van der Waals surface area contributed by atoms with Gasteiger partial charge < -0.3 is 15.2 Å². The minimum Gasteiger partial charge on any atom is -0.343 e. The Kier molecular flexibility index (Phi) is 6.66. The van der Waals surface area contributed by atoms with Gasteiger partial charge in [0.2, 0.25) is 5.91 Å². The maximum atomic E-state index is 12.6. The molecule has 2 aromatic carbocycles. The van der Waals surface area contributed by atoms with Crippen molar-refractivity contribution in [3.05, 3.63) is 92.5 Å². The Labute approximate surface area is 183 Å². The first-order valence-corrected chi connectivity index (χ1v) is 9.69. The summed E-state index contributed by atoms with van der Waals surface area (Å²) in [6, 6.07) is 10.6. The molecule has 1 heterocycles. The number of hydrogen-bond donors (Lipinski definition) is 2. The highest BCUT2D eigenvalue weighted by atomic mass is 35.5. The van der Waals surface area contributed by atoms with Crippen LogP contribution in [-0.4, -0.2) is 32.8 Å². The number of nitro benzene ring substituents is 1. The monoisotopic (exact) mass is 441 g/mol. The fraction of sp³-hybridized carbons (Fsp3) is 0.190. The minimum absolute atomic E-state index is 0.100. The topological polar surface area (TPSA) is 119 Å². The van der Waals surface area contributed by atoms with Crippen molar-refractivity contribution in [2.75, 3.05) is 6.54 Å². The van der Waals surface area contributed by atoms with E-state index in [1.165, 1.54) is 18.2 Å². The number of carbonyl (C=O) groups is 2. The van der Waals surface area contributed by atoms with Crippen LogP contribution in [0.2, 0.25) is 5.02 Å². The van der Waals surface area contributed by atoms with Crippen LogP contribution in [0.25, 0.3) is 0 Å². The number of carbonyl (C=O) groups excluding carboxylic acids is 2. The molecule has 0 spiro atoms. The molecule has 0 unspecified atom stereocenters. The van der Waals surface area contributed by atoms with Gasteiger partial charge >= 0.3 is 0 Å². The zero-order valence-electron chi connectivity index (χ0n) is 16.8. The molecule has 2 amide bonds. The summed E-state index contributed by atoms with van der Waals surface area (Å²) in [5, 5.41) is 17.0. The van der Waals surface area contributed by atoms with E-state index < -0.39 is 22.8 Å². The molecule has 1 aromatic heterocycles. The van der Waals surface area contributed by atoms with Crippen LogP contribution in [0.4, 0.5) is 5.69 Å². The van der Waals surface area contributed by atoms with Gasteiger partial charge in [0.05, 0.1) is 11.5 Å². The van der Waals surface area contributed by atoms with Gasteiger partial charge in [-0.05, 0) is 30.7 Å². The number of benzene rings is 2. The zero-order chi connectivity index (χ0) is 22.5. The Morgan fingerprint density at radius 3 is 2.55 bits per heavy atom. The third-order valence-corrected chi connectivity index (χ3v) is 4.95. The van der Waals surface area contributed by atoms with Crippen molar-refractivity contribution in [2.45, 2.75) is 13.0 Å². The standard InChI is InChI=1S/C21H20ClN5O4/c1-13-3-4-15(11-17(13)27(30)31)21(29)24-12-18(28)25-19(20-23-9-10-26(20)2)14-5-7-16(22)8-6-14/h3-11,19H,12H2,1-2H3,(H,24,29)(H,25,28)/t19-/m1/s1. The summed E-state index contributed by atoms with van der Waals surface area (Å²) < 4.78 is 1.78. The first kappa shape index (κ1) is 22.0. The zero-order valence-corrected chi connectivity index (χ0v) is 17.6. The van der Waals surface area contributed by atoms with E-state index in [1.807, 2.05) is 7.05 Å². The van der Waals surface area contributed by atoms with E-state index in [4.69, 9.17) is 11.6 Å². The van der Waals surface area contributed by atoms with Crippen LogP contribution < -0.4 is 10.6 Å². The van der Waals surface area contributed by atoms with Crippen LogP contribution in [0.15, 0.2) is 54.9 Å². The summed E-state index contributed by atoms with van der Waals surface area (Å²) >= 11 is 5.96. The van der Waals surface area contributed by atoms with Gasteiger partial charge in [0.1, 0.15) is 11.9 Å². The summed E-state index contributed by atoms with van der Waals surface area (Å²) in [5.74, 6) is -0.424. The lowest BCUT2D eigenvalue weighted by Gasteiger charge is -2.19. The molecule has 3 rings (SSSR count). The van der Waals surface area contributed by atoms with Crippen molar-refractivity contribution >= 4 is 29.1 Å². The van der Waals surface area contributed by atoms with Crippen LogP contribution >= 0.6 is 11.6 Å². The molecule has 160 valence electrons. The second-order valence-corrected chi connectivity index (χ2v) is 7.33. The molecule has 9 nitrogen and oxygen atoms in total. The quantitative estimate of drug-likeness (QED) is 0.431. The van der Waals surface area contributed by atoms with Crippen LogP contribution in [0.3, 0.4) is 0 Å². The smallest absolute Gasteiger partial charge is 0.273 e. The molecule has 0 bridgehead atoms. The molecule has 2 N–H and O–H groups in total. The van der Waals surface area contributed by atoms with Gasteiger partial charge in [-0.2, -0.15) is 0 Å². The molecule has 0 fully saturated rings. The van der Waals surface area contributed by atoms with Crippen LogP contribution in [0.5, 0.6) is 0 Å². The Morgan fingerprint density at radius 2 is 1.94 bits per heavy atom. The summed E-state index contributed by atoms with van der Waals surface area (Å²) in [4.78, 5) is 39.8. The predicted molar refractivity (Wildman–Crippen MR) is 115 cm³/mol. The highest BCUT2D eigenvalue weighted by Crippen LogP contribution is 2.22. The molecular formula is C21H20ClN5O4. The minimum atomic E-state index is -0.585. The third-order valence-electron chi connectivity index (χ3n) is 4.70. The number of aromatic nitrogens is 2. The third kappa shape index (κ3) is 5.26. The van der Waals surface area contributed by atoms with Gasteiger partial charge in [-0.1, -0.05) is 29.8 Å². The van der Waals surface area contributed by atoms with E-state index in [2.05, 4.69) is 15.6 Å². The van der Waals surface area contributed by atoms with E-state index in [9.17, 15) is 19.7 Å². The number of nitrogens with zero attached hydrogens (tertiary/aromatic N) is 3. The first-order valence-electron chi connectivity index (χ1n) is 9.31. The molecule has 0 radical (unpaired) electrons. The highest BCUT2D eigenvalue weighted by Gasteiger charge is 2.21. The van der Waals surface area contributed by atoms with Gasteiger partial charge in [-0.25, -0.2) is 4.98 Å². The second kappa shape index (κ2) is 9.40. The van der Waals surface area contributed by atoms with Crippen molar-refractivity contribution in [3.63, 3.8) is 0 Å². The van der Waals surface area contributed by atoms with E-state index in [0.29, 0.717) is 16.4 Å². The fourth-order valence-electron chi connectivity index (χ4n) is 3.03. The lowest BCUT2D eigenvalue weighted by molar-refractivity contribution is -0.385. The number of rotatable bonds is 7. The van der Waals surface area contributed by atoms with E-state index >= 15 is 0 Å². The van der Waals surface area contributed by atoms with Gasteiger partial charge in [0.25, 0.3) is 11.6 Å². The molecule has 10 heteroatoms. The van der Waals surface area contributed by atoms with Gasteiger partial charge in [-0.15, -0.1) is 0 Å². The number of nitro groups is 1.